The first kappa shape index (κ1) is 20.5. The van der Waals surface area contributed by atoms with Gasteiger partial charge in [-0.3, -0.25) is 19.4 Å². The van der Waals surface area contributed by atoms with Gasteiger partial charge < -0.3 is 9.80 Å². The molecular weight excluding hydrogens is 388 g/mol. The summed E-state index contributed by atoms with van der Waals surface area (Å²) in [6.07, 6.45) is 5.51. The second kappa shape index (κ2) is 9.38. The predicted octanol–water partition coefficient (Wildman–Crippen LogP) is 1.83. The Bertz CT molecular complexity index is 710. The molecular formula is C20H32N6O2S. The Morgan fingerprint density at radius 3 is 2.41 bits per heavy atom. The summed E-state index contributed by atoms with van der Waals surface area (Å²) in [5, 5.41) is 10.2. The first-order valence-electron chi connectivity index (χ1n) is 11.1. The molecule has 0 atom stereocenters. The molecule has 0 spiro atoms. The number of hydrogen-bond donors (Lipinski definition) is 0. The molecule has 0 saturated carbocycles. The average molecular weight is 421 g/mol. The number of piperazine rings is 1. The van der Waals surface area contributed by atoms with Crippen LogP contribution in [0.1, 0.15) is 45.4 Å². The van der Waals surface area contributed by atoms with Crippen LogP contribution in [-0.2, 0) is 9.59 Å². The summed E-state index contributed by atoms with van der Waals surface area (Å²) in [5.41, 5.74) is 0. The van der Waals surface area contributed by atoms with Gasteiger partial charge in [0.2, 0.25) is 22.1 Å². The predicted molar refractivity (Wildman–Crippen MR) is 114 cm³/mol. The Labute approximate surface area is 176 Å². The van der Waals surface area contributed by atoms with Crippen molar-refractivity contribution in [3.05, 3.63) is 0 Å². The molecule has 160 valence electrons. The minimum atomic E-state index is 0.125. The van der Waals surface area contributed by atoms with Crippen LogP contribution in [0.25, 0.3) is 0 Å². The lowest BCUT2D eigenvalue weighted by molar-refractivity contribution is -0.138. The molecule has 1 aromatic rings. The van der Waals surface area contributed by atoms with E-state index in [0.29, 0.717) is 17.5 Å². The van der Waals surface area contributed by atoms with Gasteiger partial charge >= 0.3 is 0 Å². The van der Waals surface area contributed by atoms with Crippen molar-refractivity contribution >= 4 is 33.4 Å². The summed E-state index contributed by atoms with van der Waals surface area (Å²) in [7, 11) is 0. The van der Waals surface area contributed by atoms with E-state index < -0.39 is 0 Å². The zero-order valence-corrected chi connectivity index (χ0v) is 18.2. The van der Waals surface area contributed by atoms with Gasteiger partial charge in [-0.15, -0.1) is 10.2 Å². The first-order chi connectivity index (χ1) is 14.2. The standard InChI is InChI=1S/C20H32N6O2S/c1-2-8-23-12-14-24(15-13-23)18(28)16-6-10-25(11-7-16)19-21-22-20(29-19)26-9-4-3-5-17(26)27/h16H,2-15H2,1H3. The fourth-order valence-electron chi connectivity index (χ4n) is 4.54. The highest BCUT2D eigenvalue weighted by Crippen LogP contribution is 2.32. The van der Waals surface area contributed by atoms with Gasteiger partial charge in [-0.05, 0) is 38.6 Å². The monoisotopic (exact) mass is 420 g/mol. The van der Waals surface area contributed by atoms with Gasteiger partial charge in [0.1, 0.15) is 0 Å². The number of amides is 2. The molecule has 0 unspecified atom stereocenters. The molecule has 29 heavy (non-hydrogen) atoms. The maximum atomic E-state index is 12.9. The highest BCUT2D eigenvalue weighted by molar-refractivity contribution is 7.19. The second-order valence-electron chi connectivity index (χ2n) is 8.30. The van der Waals surface area contributed by atoms with Crippen LogP contribution in [0, 0.1) is 5.92 Å². The molecule has 0 aromatic carbocycles. The molecule has 8 nitrogen and oxygen atoms in total. The smallest absolute Gasteiger partial charge is 0.228 e. The molecule has 0 radical (unpaired) electrons. The molecule has 9 heteroatoms. The van der Waals surface area contributed by atoms with Crippen molar-refractivity contribution in [3.8, 4) is 0 Å². The van der Waals surface area contributed by atoms with E-state index in [1.54, 1.807) is 4.90 Å². The van der Waals surface area contributed by atoms with Gasteiger partial charge in [0, 0.05) is 58.2 Å². The molecule has 3 aliphatic rings. The van der Waals surface area contributed by atoms with Crippen LogP contribution in [0.5, 0.6) is 0 Å². The summed E-state index contributed by atoms with van der Waals surface area (Å²) in [6.45, 7) is 9.47. The fraction of sp³-hybridized carbons (Fsp3) is 0.800. The van der Waals surface area contributed by atoms with Crippen LogP contribution in [0.15, 0.2) is 0 Å². The van der Waals surface area contributed by atoms with Crippen molar-refractivity contribution < 1.29 is 9.59 Å². The topological polar surface area (TPSA) is 72.9 Å². The van der Waals surface area contributed by atoms with Crippen molar-refractivity contribution in [1.82, 2.24) is 20.0 Å². The number of anilines is 2. The summed E-state index contributed by atoms with van der Waals surface area (Å²) >= 11 is 1.50. The third kappa shape index (κ3) is 4.71. The van der Waals surface area contributed by atoms with E-state index in [1.807, 2.05) is 0 Å². The lowest BCUT2D eigenvalue weighted by Gasteiger charge is -2.38. The number of carbonyl (C=O) groups is 2. The van der Waals surface area contributed by atoms with Crippen LogP contribution in [0.2, 0.25) is 0 Å². The van der Waals surface area contributed by atoms with Crippen molar-refractivity contribution in [1.29, 1.82) is 0 Å². The Morgan fingerprint density at radius 2 is 1.72 bits per heavy atom. The SMILES string of the molecule is CCCN1CCN(C(=O)C2CCN(c3nnc(N4CCCCC4=O)s3)CC2)CC1. The van der Waals surface area contributed by atoms with E-state index in [1.165, 1.54) is 17.8 Å². The van der Waals surface area contributed by atoms with E-state index in [4.69, 9.17) is 0 Å². The number of rotatable bonds is 5. The zero-order valence-electron chi connectivity index (χ0n) is 17.4. The molecule has 0 aliphatic carbocycles. The molecule has 1 aromatic heterocycles. The normalized spacial score (nSPS) is 22.4. The van der Waals surface area contributed by atoms with E-state index in [9.17, 15) is 9.59 Å². The molecule has 3 aliphatic heterocycles. The number of aromatic nitrogens is 2. The van der Waals surface area contributed by atoms with Gasteiger partial charge in [0.05, 0.1) is 0 Å². The van der Waals surface area contributed by atoms with Crippen molar-refractivity contribution in [3.63, 3.8) is 0 Å². The molecule has 0 bridgehead atoms. The maximum Gasteiger partial charge on any atom is 0.228 e. The molecule has 0 N–H and O–H groups in total. The van der Waals surface area contributed by atoms with Crippen LogP contribution >= 0.6 is 11.3 Å². The molecule has 2 amide bonds. The van der Waals surface area contributed by atoms with Crippen molar-refractivity contribution in [2.45, 2.75) is 45.4 Å². The third-order valence-electron chi connectivity index (χ3n) is 6.30. The Kier molecular flexibility index (Phi) is 6.64. The highest BCUT2D eigenvalue weighted by Gasteiger charge is 2.32. The zero-order chi connectivity index (χ0) is 20.2. The number of piperidine rings is 2. The number of hydrogen-bond acceptors (Lipinski definition) is 7. The lowest BCUT2D eigenvalue weighted by atomic mass is 9.95. The van der Waals surface area contributed by atoms with E-state index >= 15 is 0 Å². The van der Waals surface area contributed by atoms with Crippen molar-refractivity contribution in [2.75, 3.05) is 62.2 Å². The third-order valence-corrected chi connectivity index (χ3v) is 7.30. The summed E-state index contributed by atoms with van der Waals surface area (Å²) in [6, 6.07) is 0. The molecule has 3 fully saturated rings. The summed E-state index contributed by atoms with van der Waals surface area (Å²) < 4.78 is 0. The van der Waals surface area contributed by atoms with Crippen LogP contribution in [0.3, 0.4) is 0 Å². The van der Waals surface area contributed by atoms with Crippen LogP contribution in [-0.4, -0.2) is 84.2 Å². The first-order valence-corrected chi connectivity index (χ1v) is 11.9. The largest absolute Gasteiger partial charge is 0.347 e. The average Bonchev–Trinajstić information content (AvgIpc) is 3.24. The second-order valence-corrected chi connectivity index (χ2v) is 9.23. The van der Waals surface area contributed by atoms with E-state index in [-0.39, 0.29) is 11.8 Å². The molecule has 4 heterocycles. The van der Waals surface area contributed by atoms with Gasteiger partial charge in [0.15, 0.2) is 0 Å². The minimum Gasteiger partial charge on any atom is -0.347 e. The number of nitrogens with zero attached hydrogens (tertiary/aromatic N) is 6. The van der Waals surface area contributed by atoms with Gasteiger partial charge in [0.25, 0.3) is 0 Å². The van der Waals surface area contributed by atoms with Crippen LogP contribution in [0.4, 0.5) is 10.3 Å². The Hall–Kier alpha value is -1.74. The Balaban J connectivity index is 1.27. The number of carbonyl (C=O) groups excluding carboxylic acids is 2. The van der Waals surface area contributed by atoms with Gasteiger partial charge in [-0.2, -0.15) is 0 Å². The van der Waals surface area contributed by atoms with Gasteiger partial charge in [-0.25, -0.2) is 0 Å². The molecule has 3 saturated heterocycles. The maximum absolute atomic E-state index is 12.9. The van der Waals surface area contributed by atoms with E-state index in [0.717, 1.165) is 83.2 Å². The highest BCUT2D eigenvalue weighted by atomic mass is 32.1. The van der Waals surface area contributed by atoms with Gasteiger partial charge in [-0.1, -0.05) is 18.3 Å². The summed E-state index contributed by atoms with van der Waals surface area (Å²) in [4.78, 5) is 33.6. The van der Waals surface area contributed by atoms with Crippen LogP contribution < -0.4 is 9.80 Å². The Morgan fingerprint density at radius 1 is 1.00 bits per heavy atom. The quantitative estimate of drug-likeness (QED) is 0.724. The molecule has 4 rings (SSSR count). The van der Waals surface area contributed by atoms with E-state index in [2.05, 4.69) is 31.8 Å². The fourth-order valence-corrected chi connectivity index (χ4v) is 5.48. The minimum absolute atomic E-state index is 0.125. The lowest BCUT2D eigenvalue weighted by Crippen LogP contribution is -2.51. The van der Waals surface area contributed by atoms with Crippen molar-refractivity contribution in [2.24, 2.45) is 5.92 Å². The summed E-state index contributed by atoms with van der Waals surface area (Å²) in [5.74, 6) is 0.611.